The fraction of sp³-hybridized carbons (Fsp3) is 0.538. The molecule has 4 heteroatoms. The predicted molar refractivity (Wildman–Crippen MR) is 119 cm³/mol. The molecule has 3 atom stereocenters. The van der Waals surface area contributed by atoms with Gasteiger partial charge in [-0.1, -0.05) is 25.0 Å². The Hall–Kier alpha value is -2.20. The van der Waals surface area contributed by atoms with Gasteiger partial charge in [0, 0.05) is 18.0 Å². The van der Waals surface area contributed by atoms with Crippen LogP contribution in [0.4, 0.5) is 0 Å². The lowest BCUT2D eigenvalue weighted by Crippen LogP contribution is -2.61. The van der Waals surface area contributed by atoms with E-state index in [1.165, 1.54) is 48.8 Å². The minimum absolute atomic E-state index is 0.287. The molecular formula is C26H33NO3. The van der Waals surface area contributed by atoms with Gasteiger partial charge in [0.15, 0.2) is 11.5 Å². The van der Waals surface area contributed by atoms with E-state index in [2.05, 4.69) is 29.2 Å². The number of phenols is 1. The number of hydrogen-bond donors (Lipinski definition) is 1. The van der Waals surface area contributed by atoms with Gasteiger partial charge in [0.1, 0.15) is 5.75 Å². The Kier molecular flexibility index (Phi) is 5.14. The summed E-state index contributed by atoms with van der Waals surface area (Å²) in [6.45, 7) is 2.24. The summed E-state index contributed by atoms with van der Waals surface area (Å²) in [6, 6.07) is 13.1. The molecule has 1 heterocycles. The van der Waals surface area contributed by atoms with E-state index in [1.54, 1.807) is 14.2 Å². The molecule has 0 unspecified atom stereocenters. The molecule has 3 aliphatic rings. The molecule has 1 saturated heterocycles. The van der Waals surface area contributed by atoms with Gasteiger partial charge in [-0.15, -0.1) is 0 Å². The van der Waals surface area contributed by atoms with E-state index in [4.69, 9.17) is 9.47 Å². The molecule has 160 valence electrons. The third kappa shape index (κ3) is 3.17. The van der Waals surface area contributed by atoms with Crippen molar-refractivity contribution in [1.82, 2.24) is 4.90 Å². The van der Waals surface area contributed by atoms with Crippen LogP contribution in [-0.4, -0.2) is 43.4 Å². The topological polar surface area (TPSA) is 41.9 Å². The smallest absolute Gasteiger partial charge is 0.160 e. The highest BCUT2D eigenvalue weighted by Crippen LogP contribution is 2.56. The van der Waals surface area contributed by atoms with Gasteiger partial charge in [0.25, 0.3) is 0 Å². The monoisotopic (exact) mass is 407 g/mol. The second kappa shape index (κ2) is 7.81. The summed E-state index contributed by atoms with van der Waals surface area (Å²) in [5, 5.41) is 10.2. The van der Waals surface area contributed by atoms with Gasteiger partial charge in [-0.05, 0) is 85.5 Å². The highest BCUT2D eigenvalue weighted by atomic mass is 16.5. The third-order valence-corrected chi connectivity index (χ3v) is 8.07. The van der Waals surface area contributed by atoms with Crippen LogP contribution >= 0.6 is 0 Å². The molecule has 0 amide bonds. The molecule has 0 spiro atoms. The summed E-state index contributed by atoms with van der Waals surface area (Å²) in [4.78, 5) is 2.75. The summed E-state index contributed by atoms with van der Waals surface area (Å²) in [5.41, 5.74) is 4.51. The highest BCUT2D eigenvalue weighted by Gasteiger charge is 2.53. The summed E-state index contributed by atoms with van der Waals surface area (Å²) in [6.07, 6.45) is 8.65. The second-order valence-corrected chi connectivity index (χ2v) is 9.35. The number of benzene rings is 2. The molecule has 1 saturated carbocycles. The molecule has 2 fully saturated rings. The van der Waals surface area contributed by atoms with Gasteiger partial charge in [0.05, 0.1) is 14.2 Å². The molecule has 1 aliphatic heterocycles. The molecule has 0 aromatic heterocycles. The lowest BCUT2D eigenvalue weighted by molar-refractivity contribution is -0.0107. The molecule has 2 aliphatic carbocycles. The molecular weight excluding hydrogens is 374 g/mol. The number of phenolic OH excluding ortho intramolecular Hbond substituents is 1. The zero-order chi connectivity index (χ0) is 20.7. The average molecular weight is 408 g/mol. The number of ether oxygens (including phenoxy) is 2. The second-order valence-electron chi connectivity index (χ2n) is 9.35. The molecule has 30 heavy (non-hydrogen) atoms. The first-order valence-corrected chi connectivity index (χ1v) is 11.4. The van der Waals surface area contributed by atoms with Crippen LogP contribution < -0.4 is 9.47 Å². The third-order valence-electron chi connectivity index (χ3n) is 8.07. The Morgan fingerprint density at radius 3 is 2.73 bits per heavy atom. The number of methoxy groups -OCH3 is 2. The number of likely N-dealkylation sites (tertiary alicyclic amines) is 1. The Morgan fingerprint density at radius 1 is 1.03 bits per heavy atom. The quantitative estimate of drug-likeness (QED) is 0.779. The van der Waals surface area contributed by atoms with Crippen LogP contribution in [0.5, 0.6) is 17.2 Å². The maximum atomic E-state index is 10.2. The molecule has 2 aromatic rings. The van der Waals surface area contributed by atoms with Crippen LogP contribution in [0.2, 0.25) is 0 Å². The van der Waals surface area contributed by atoms with E-state index in [-0.39, 0.29) is 5.41 Å². The van der Waals surface area contributed by atoms with Gasteiger partial charge in [-0.25, -0.2) is 0 Å². The summed E-state index contributed by atoms with van der Waals surface area (Å²) >= 11 is 0. The number of aromatic hydroxyl groups is 1. The molecule has 1 N–H and O–H groups in total. The number of rotatable bonds is 5. The summed E-state index contributed by atoms with van der Waals surface area (Å²) in [7, 11) is 3.38. The van der Waals surface area contributed by atoms with Crippen LogP contribution in [0.1, 0.15) is 48.8 Å². The maximum Gasteiger partial charge on any atom is 0.160 e. The van der Waals surface area contributed by atoms with Crippen molar-refractivity contribution in [1.29, 1.82) is 0 Å². The largest absolute Gasteiger partial charge is 0.508 e. The molecule has 2 aromatic carbocycles. The van der Waals surface area contributed by atoms with Crippen LogP contribution in [0.3, 0.4) is 0 Å². The van der Waals surface area contributed by atoms with Gasteiger partial charge in [-0.2, -0.15) is 0 Å². The first-order valence-electron chi connectivity index (χ1n) is 11.4. The van der Waals surface area contributed by atoms with Crippen molar-refractivity contribution in [2.24, 2.45) is 5.92 Å². The number of nitrogens with zero attached hydrogens (tertiary/aromatic N) is 1. The van der Waals surface area contributed by atoms with Gasteiger partial charge in [0.2, 0.25) is 0 Å². The van der Waals surface area contributed by atoms with E-state index >= 15 is 0 Å². The van der Waals surface area contributed by atoms with E-state index in [1.807, 2.05) is 12.1 Å². The zero-order valence-electron chi connectivity index (χ0n) is 18.2. The lowest BCUT2D eigenvalue weighted by Gasteiger charge is -2.59. The molecule has 2 bridgehead atoms. The number of hydrogen-bond acceptors (Lipinski definition) is 4. The first kappa shape index (κ1) is 19.7. The van der Waals surface area contributed by atoms with Crippen molar-refractivity contribution in [3.05, 3.63) is 53.1 Å². The minimum atomic E-state index is 0.287. The summed E-state index contributed by atoms with van der Waals surface area (Å²) in [5.74, 6) is 2.76. The fourth-order valence-electron chi connectivity index (χ4n) is 6.66. The van der Waals surface area contributed by atoms with Crippen LogP contribution in [-0.2, 0) is 18.3 Å². The van der Waals surface area contributed by atoms with Crippen molar-refractivity contribution >= 4 is 0 Å². The van der Waals surface area contributed by atoms with E-state index in [0.717, 1.165) is 43.3 Å². The molecule has 5 rings (SSSR count). The van der Waals surface area contributed by atoms with E-state index in [9.17, 15) is 5.11 Å². The molecule has 4 nitrogen and oxygen atoms in total. The van der Waals surface area contributed by atoms with E-state index in [0.29, 0.717) is 11.8 Å². The number of piperidine rings is 1. The van der Waals surface area contributed by atoms with Gasteiger partial charge in [-0.3, -0.25) is 4.90 Å². The Morgan fingerprint density at radius 2 is 1.90 bits per heavy atom. The zero-order valence-corrected chi connectivity index (χ0v) is 18.2. The van der Waals surface area contributed by atoms with Crippen LogP contribution in [0.25, 0.3) is 0 Å². The highest BCUT2D eigenvalue weighted by molar-refractivity contribution is 5.45. The standard InChI is InChI=1S/C26H33NO3/c1-29-24-9-6-18(15-25(24)30-2)10-13-27-14-12-26-11-4-3-5-21(26)23(27)16-19-7-8-20(28)17-22(19)26/h6-9,15,17,21,23,28H,3-5,10-14,16H2,1-2H3/t21-,23+,26+/m0/s1. The SMILES string of the molecule is COc1ccc(CCN2CC[C@]34CCCC[C@H]3[C@H]2Cc2ccc(O)cc24)cc1OC. The Labute approximate surface area is 179 Å². The predicted octanol–water partition coefficient (Wildman–Crippen LogP) is 4.71. The van der Waals surface area contributed by atoms with Crippen LogP contribution in [0, 0.1) is 5.92 Å². The summed E-state index contributed by atoms with van der Waals surface area (Å²) < 4.78 is 10.9. The van der Waals surface area contributed by atoms with E-state index < -0.39 is 0 Å². The van der Waals surface area contributed by atoms with Crippen molar-refractivity contribution in [3.8, 4) is 17.2 Å². The maximum absolute atomic E-state index is 10.2. The van der Waals surface area contributed by atoms with Crippen molar-refractivity contribution in [3.63, 3.8) is 0 Å². The molecule has 0 radical (unpaired) electrons. The first-order chi connectivity index (χ1) is 14.6. The lowest BCUT2D eigenvalue weighted by atomic mass is 9.52. The van der Waals surface area contributed by atoms with Gasteiger partial charge < -0.3 is 14.6 Å². The Bertz CT molecular complexity index is 926. The fourth-order valence-corrected chi connectivity index (χ4v) is 6.66. The number of fused-ring (bicyclic) bond motifs is 1. The van der Waals surface area contributed by atoms with Gasteiger partial charge >= 0.3 is 0 Å². The minimum Gasteiger partial charge on any atom is -0.508 e. The average Bonchev–Trinajstić information content (AvgIpc) is 2.78. The van der Waals surface area contributed by atoms with Crippen LogP contribution in [0.15, 0.2) is 36.4 Å². The van der Waals surface area contributed by atoms with Crippen molar-refractivity contribution < 1.29 is 14.6 Å². The normalized spacial score (nSPS) is 27.8. The Balaban J connectivity index is 1.39. The van der Waals surface area contributed by atoms with Crippen molar-refractivity contribution in [2.45, 2.75) is 56.4 Å². The van der Waals surface area contributed by atoms with Crippen molar-refractivity contribution in [2.75, 3.05) is 27.3 Å².